The fourth-order valence-corrected chi connectivity index (χ4v) is 6.15. The van der Waals surface area contributed by atoms with Crippen LogP contribution in [0.15, 0.2) is 42.6 Å². The fraction of sp³-hybridized carbons (Fsp3) is 0.375. The Morgan fingerprint density at radius 1 is 1.13 bits per heavy atom. The van der Waals surface area contributed by atoms with Crippen LogP contribution in [0.1, 0.15) is 37.9 Å². The van der Waals surface area contributed by atoms with Crippen molar-refractivity contribution in [3.05, 3.63) is 53.2 Å². The number of carbonyl (C=O) groups excluding carboxylic acids is 2. The van der Waals surface area contributed by atoms with Crippen molar-refractivity contribution in [2.24, 2.45) is 12.5 Å². The van der Waals surface area contributed by atoms with Crippen LogP contribution in [0.25, 0.3) is 11.4 Å². The van der Waals surface area contributed by atoms with Crippen molar-refractivity contribution in [2.45, 2.75) is 37.9 Å². The molecule has 0 aliphatic heterocycles. The number of anilines is 2. The number of rotatable bonds is 8. The Kier molecular flexibility index (Phi) is 6.40. The quantitative estimate of drug-likeness (QED) is 0.392. The summed E-state index contributed by atoms with van der Waals surface area (Å²) in [6.45, 7) is 1.71. The van der Waals surface area contributed by atoms with Crippen LogP contribution >= 0.6 is 11.6 Å². The Morgan fingerprint density at radius 2 is 1.84 bits per heavy atom. The van der Waals surface area contributed by atoms with Gasteiger partial charge in [-0.15, -0.1) is 5.10 Å². The first-order valence-electron chi connectivity index (χ1n) is 11.7. The topological polar surface area (TPSA) is 154 Å². The molecule has 1 atom stereocenters. The molecule has 0 spiro atoms. The van der Waals surface area contributed by atoms with E-state index in [1.54, 1.807) is 50.4 Å². The third kappa shape index (κ3) is 4.96. The molecule has 12 nitrogen and oxygen atoms in total. The van der Waals surface area contributed by atoms with Gasteiger partial charge in [0, 0.05) is 17.6 Å². The number of hydrogen-bond donors (Lipinski definition) is 2. The summed E-state index contributed by atoms with van der Waals surface area (Å²) < 4.78 is 34.8. The van der Waals surface area contributed by atoms with Crippen molar-refractivity contribution in [3.63, 3.8) is 0 Å². The normalized spacial score (nSPS) is 22.5. The molecule has 3 aliphatic rings. The number of amides is 2. The molecule has 200 valence electrons. The third-order valence-electron chi connectivity index (χ3n) is 6.73. The lowest BCUT2D eigenvalue weighted by molar-refractivity contribution is -0.230. The molecule has 2 amide bonds. The summed E-state index contributed by atoms with van der Waals surface area (Å²) in [5.74, 6) is 0.0685. The number of aromatic nitrogens is 4. The second-order valence-electron chi connectivity index (χ2n) is 9.77. The molecule has 3 aliphatic carbocycles. The van der Waals surface area contributed by atoms with Gasteiger partial charge in [-0.1, -0.05) is 35.0 Å². The molecule has 3 fully saturated rings. The summed E-state index contributed by atoms with van der Waals surface area (Å²) in [5, 5.41) is 14.0. The SMILES string of the molecule is C[C@@H](OC(=O)Nc1c(-c2ccc(NC(=O)C34CC(OS(C)(=O)=O)(C3)C4)cn2)nnn1C)c1ccccc1Cl. The van der Waals surface area contributed by atoms with Crippen LogP contribution in [0.4, 0.5) is 16.3 Å². The summed E-state index contributed by atoms with van der Waals surface area (Å²) in [6.07, 6.45) is 2.26. The van der Waals surface area contributed by atoms with Crippen molar-refractivity contribution >= 4 is 45.2 Å². The molecule has 2 heterocycles. The molecule has 1 aromatic carbocycles. The first kappa shape index (κ1) is 26.1. The van der Waals surface area contributed by atoms with Gasteiger partial charge in [0.15, 0.2) is 11.5 Å². The van der Waals surface area contributed by atoms with Gasteiger partial charge in [-0.3, -0.25) is 19.3 Å². The predicted molar refractivity (Wildman–Crippen MR) is 138 cm³/mol. The van der Waals surface area contributed by atoms with E-state index in [1.165, 1.54) is 10.9 Å². The molecule has 6 rings (SSSR count). The summed E-state index contributed by atoms with van der Waals surface area (Å²) in [6, 6.07) is 10.4. The average Bonchev–Trinajstić information content (AvgIpc) is 3.15. The number of aryl methyl sites for hydroxylation is 1. The monoisotopic (exact) mass is 560 g/mol. The smallest absolute Gasteiger partial charge is 0.413 e. The van der Waals surface area contributed by atoms with E-state index in [1.807, 2.05) is 0 Å². The van der Waals surface area contributed by atoms with Gasteiger partial charge < -0.3 is 10.1 Å². The van der Waals surface area contributed by atoms with Crippen LogP contribution in [-0.2, 0) is 30.9 Å². The molecule has 3 saturated carbocycles. The Hall–Kier alpha value is -3.55. The number of ether oxygens (including phenoxy) is 1. The van der Waals surface area contributed by atoms with E-state index in [0.717, 1.165) is 6.26 Å². The highest BCUT2D eigenvalue weighted by Gasteiger charge is 2.74. The molecule has 2 aromatic heterocycles. The van der Waals surface area contributed by atoms with Gasteiger partial charge in [0.25, 0.3) is 10.1 Å². The minimum absolute atomic E-state index is 0.205. The lowest BCUT2D eigenvalue weighted by Crippen LogP contribution is -2.72. The molecule has 3 aromatic rings. The van der Waals surface area contributed by atoms with Crippen molar-refractivity contribution in [3.8, 4) is 11.4 Å². The predicted octanol–water partition coefficient (Wildman–Crippen LogP) is 3.68. The molecule has 2 N–H and O–H groups in total. The molecule has 0 unspecified atom stereocenters. The number of pyridine rings is 1. The van der Waals surface area contributed by atoms with Crippen LogP contribution in [0.5, 0.6) is 0 Å². The molecular weight excluding hydrogens is 536 g/mol. The maximum atomic E-state index is 12.8. The van der Waals surface area contributed by atoms with Crippen LogP contribution < -0.4 is 10.6 Å². The largest absolute Gasteiger partial charge is 0.441 e. The average molecular weight is 561 g/mol. The minimum Gasteiger partial charge on any atom is -0.441 e. The number of nitrogens with one attached hydrogen (secondary N) is 2. The van der Waals surface area contributed by atoms with Crippen LogP contribution in [-0.4, -0.2) is 52.3 Å². The van der Waals surface area contributed by atoms with Crippen LogP contribution in [0.2, 0.25) is 5.02 Å². The number of benzene rings is 1. The Balaban J connectivity index is 1.21. The maximum Gasteiger partial charge on any atom is 0.413 e. The zero-order chi connectivity index (χ0) is 27.3. The van der Waals surface area contributed by atoms with E-state index in [9.17, 15) is 18.0 Å². The first-order chi connectivity index (χ1) is 17.9. The summed E-state index contributed by atoms with van der Waals surface area (Å²) >= 11 is 6.19. The maximum absolute atomic E-state index is 12.8. The highest BCUT2D eigenvalue weighted by atomic mass is 35.5. The van der Waals surface area contributed by atoms with Gasteiger partial charge in [-0.2, -0.15) is 8.42 Å². The van der Waals surface area contributed by atoms with Crippen molar-refractivity contribution in [1.82, 2.24) is 20.0 Å². The second kappa shape index (κ2) is 9.33. The lowest BCUT2D eigenvalue weighted by atomic mass is 9.41. The molecule has 0 radical (unpaired) electrons. The van der Waals surface area contributed by atoms with E-state index < -0.39 is 33.3 Å². The van der Waals surface area contributed by atoms with E-state index in [0.29, 0.717) is 46.9 Å². The van der Waals surface area contributed by atoms with E-state index in [4.69, 9.17) is 20.5 Å². The van der Waals surface area contributed by atoms with Gasteiger partial charge in [-0.05, 0) is 44.4 Å². The summed E-state index contributed by atoms with van der Waals surface area (Å²) in [5.41, 5.74) is 0.502. The van der Waals surface area contributed by atoms with E-state index in [-0.39, 0.29) is 11.7 Å². The van der Waals surface area contributed by atoms with Gasteiger partial charge in [0.1, 0.15) is 6.10 Å². The Labute approximate surface area is 223 Å². The van der Waals surface area contributed by atoms with Crippen molar-refractivity contribution < 1.29 is 26.9 Å². The number of carbonyl (C=O) groups is 2. The standard InChI is InChI=1S/C24H25ClN6O6S/c1-14(16-6-4-5-7-17(16)25)36-22(33)28-20-19(29-30-31(20)2)18-9-8-15(10-26-18)27-21(32)23-11-24(12-23,13-23)37-38(3,34)35/h4-10,14H,11-13H2,1-3H3,(H,27,32)(H,28,33)/t14-,23?,24?/m1/s1. The van der Waals surface area contributed by atoms with Crippen LogP contribution in [0.3, 0.4) is 0 Å². The Bertz CT molecular complexity index is 1500. The zero-order valence-electron chi connectivity index (χ0n) is 20.8. The lowest BCUT2D eigenvalue weighted by Gasteiger charge is -2.67. The molecule has 14 heteroatoms. The summed E-state index contributed by atoms with van der Waals surface area (Å²) in [7, 11) is -1.96. The van der Waals surface area contributed by atoms with Gasteiger partial charge in [-0.25, -0.2) is 9.48 Å². The zero-order valence-corrected chi connectivity index (χ0v) is 22.3. The highest BCUT2D eigenvalue weighted by molar-refractivity contribution is 7.86. The molecule has 0 saturated heterocycles. The van der Waals surface area contributed by atoms with Gasteiger partial charge in [0.2, 0.25) is 5.91 Å². The molecular formula is C24H25ClN6O6S. The number of nitrogens with zero attached hydrogens (tertiary/aromatic N) is 4. The summed E-state index contributed by atoms with van der Waals surface area (Å²) in [4.78, 5) is 29.7. The number of halogens is 1. The van der Waals surface area contributed by atoms with Crippen molar-refractivity contribution in [1.29, 1.82) is 0 Å². The highest BCUT2D eigenvalue weighted by Crippen LogP contribution is 2.69. The van der Waals surface area contributed by atoms with E-state index >= 15 is 0 Å². The van der Waals surface area contributed by atoms with Gasteiger partial charge >= 0.3 is 6.09 Å². The van der Waals surface area contributed by atoms with E-state index in [2.05, 4.69) is 25.9 Å². The Morgan fingerprint density at radius 3 is 2.47 bits per heavy atom. The minimum atomic E-state index is -3.57. The first-order valence-corrected chi connectivity index (χ1v) is 13.9. The second-order valence-corrected chi connectivity index (χ2v) is 11.8. The molecule has 38 heavy (non-hydrogen) atoms. The molecule has 2 bridgehead atoms. The van der Waals surface area contributed by atoms with Gasteiger partial charge in [0.05, 0.1) is 34.8 Å². The van der Waals surface area contributed by atoms with Crippen molar-refractivity contribution in [2.75, 3.05) is 16.9 Å². The number of hydrogen-bond acceptors (Lipinski definition) is 9. The van der Waals surface area contributed by atoms with Crippen LogP contribution in [0, 0.1) is 5.41 Å². The fourth-order valence-electron chi connectivity index (χ4n) is 5.04. The third-order valence-corrected chi connectivity index (χ3v) is 7.73.